The van der Waals surface area contributed by atoms with Crippen molar-refractivity contribution in [3.8, 4) is 0 Å². The molecule has 1 aliphatic heterocycles. The van der Waals surface area contributed by atoms with Gasteiger partial charge in [0.05, 0.1) is 6.61 Å². The highest BCUT2D eigenvalue weighted by Crippen LogP contribution is 2.18. The Kier molecular flexibility index (Phi) is 7.69. The lowest BCUT2D eigenvalue weighted by Gasteiger charge is -2.21. The second kappa shape index (κ2) is 9.11. The molecule has 0 aliphatic carbocycles. The predicted octanol–water partition coefficient (Wildman–Crippen LogP) is 1.57. The lowest BCUT2D eigenvalue weighted by Crippen LogP contribution is -2.34. The van der Waals surface area contributed by atoms with E-state index in [1.54, 1.807) is 0 Å². The molecule has 1 heterocycles. The largest absolute Gasteiger partial charge is 0.380 e. The topological polar surface area (TPSA) is 41.6 Å². The molecule has 4 nitrogen and oxygen atoms in total. The highest BCUT2D eigenvalue weighted by molar-refractivity contribution is 5.76. The summed E-state index contributed by atoms with van der Waals surface area (Å²) in [7, 11) is 0. The Morgan fingerprint density at radius 1 is 1.56 bits per heavy atom. The van der Waals surface area contributed by atoms with Gasteiger partial charge in [0, 0.05) is 32.2 Å². The third-order valence-electron chi connectivity index (χ3n) is 3.23. The fraction of sp³-hybridized carbons (Fsp3) is 0.786. The van der Waals surface area contributed by atoms with Crippen LogP contribution in [-0.4, -0.2) is 49.7 Å². The smallest absolute Gasteiger partial charge is 0.221 e. The summed E-state index contributed by atoms with van der Waals surface area (Å²) < 4.78 is 5.18. The van der Waals surface area contributed by atoms with E-state index in [1.807, 2.05) is 6.92 Å². The maximum Gasteiger partial charge on any atom is 0.221 e. The summed E-state index contributed by atoms with van der Waals surface area (Å²) in [5, 5.41) is 2.88. The number of allylic oxidation sites excluding steroid dienone is 1. The van der Waals surface area contributed by atoms with Crippen molar-refractivity contribution in [2.75, 3.05) is 32.8 Å². The Morgan fingerprint density at radius 2 is 2.39 bits per heavy atom. The molecule has 4 heteroatoms. The highest BCUT2D eigenvalue weighted by Gasteiger charge is 2.21. The summed E-state index contributed by atoms with van der Waals surface area (Å²) in [6.07, 6.45) is 7.38. The summed E-state index contributed by atoms with van der Waals surface area (Å²) in [4.78, 5) is 14.0. The number of carbonyl (C=O) groups excluding carboxylic acids is 1. The molecular weight excluding hydrogens is 228 g/mol. The molecule has 1 fully saturated rings. The number of carbonyl (C=O) groups is 1. The zero-order chi connectivity index (χ0) is 13.2. The van der Waals surface area contributed by atoms with Crippen LogP contribution < -0.4 is 5.32 Å². The fourth-order valence-electron chi connectivity index (χ4n) is 2.31. The standard InChI is InChI=1S/C14H26N2O2/c1-3-6-13-7-5-10-16(13)11-8-14(17)15-9-12-18-4-2/h3,6,13H,4-5,7-12H2,1-2H3,(H,15,17)/b6-3+/t13-/m1/s1. The van der Waals surface area contributed by atoms with Gasteiger partial charge in [0.2, 0.25) is 5.91 Å². The third-order valence-corrected chi connectivity index (χ3v) is 3.23. The molecule has 0 aromatic rings. The number of hydrogen-bond donors (Lipinski definition) is 1. The Morgan fingerprint density at radius 3 is 3.11 bits per heavy atom. The number of ether oxygens (including phenoxy) is 1. The van der Waals surface area contributed by atoms with E-state index < -0.39 is 0 Å². The van der Waals surface area contributed by atoms with Gasteiger partial charge >= 0.3 is 0 Å². The summed E-state index contributed by atoms with van der Waals surface area (Å²) in [5.74, 6) is 0.126. The van der Waals surface area contributed by atoms with Gasteiger partial charge < -0.3 is 10.1 Å². The molecule has 0 saturated carbocycles. The van der Waals surface area contributed by atoms with Crippen molar-refractivity contribution in [2.24, 2.45) is 0 Å². The number of hydrogen-bond acceptors (Lipinski definition) is 3. The Labute approximate surface area is 110 Å². The second-order valence-corrected chi connectivity index (χ2v) is 4.57. The van der Waals surface area contributed by atoms with Crippen LogP contribution in [0, 0.1) is 0 Å². The maximum absolute atomic E-state index is 11.6. The van der Waals surface area contributed by atoms with Crippen molar-refractivity contribution in [1.82, 2.24) is 10.2 Å². The van der Waals surface area contributed by atoms with Crippen molar-refractivity contribution < 1.29 is 9.53 Å². The van der Waals surface area contributed by atoms with Gasteiger partial charge in [0.1, 0.15) is 0 Å². The fourth-order valence-corrected chi connectivity index (χ4v) is 2.31. The predicted molar refractivity (Wildman–Crippen MR) is 73.5 cm³/mol. The summed E-state index contributed by atoms with van der Waals surface area (Å²) in [6.45, 7) is 7.90. The van der Waals surface area contributed by atoms with Crippen molar-refractivity contribution >= 4 is 5.91 Å². The highest BCUT2D eigenvalue weighted by atomic mass is 16.5. The zero-order valence-electron chi connectivity index (χ0n) is 11.7. The first-order valence-electron chi connectivity index (χ1n) is 6.99. The van der Waals surface area contributed by atoms with E-state index in [0.29, 0.717) is 32.2 Å². The summed E-state index contributed by atoms with van der Waals surface area (Å²) >= 11 is 0. The van der Waals surface area contributed by atoms with Crippen LogP contribution in [0.3, 0.4) is 0 Å². The minimum absolute atomic E-state index is 0.126. The number of nitrogens with zero attached hydrogens (tertiary/aromatic N) is 1. The van der Waals surface area contributed by atoms with Gasteiger partial charge in [-0.25, -0.2) is 0 Å². The van der Waals surface area contributed by atoms with Gasteiger partial charge in [0.25, 0.3) is 0 Å². The SMILES string of the molecule is C/C=C/[C@@H]1CCCN1CCC(=O)NCCOCC. The monoisotopic (exact) mass is 254 g/mol. The van der Waals surface area contributed by atoms with Crippen molar-refractivity contribution in [3.05, 3.63) is 12.2 Å². The van der Waals surface area contributed by atoms with E-state index >= 15 is 0 Å². The van der Waals surface area contributed by atoms with Crippen LogP contribution in [0.15, 0.2) is 12.2 Å². The summed E-state index contributed by atoms with van der Waals surface area (Å²) in [5.41, 5.74) is 0. The molecule has 18 heavy (non-hydrogen) atoms. The van der Waals surface area contributed by atoms with Gasteiger partial charge in [-0.2, -0.15) is 0 Å². The van der Waals surface area contributed by atoms with Gasteiger partial charge in [-0.15, -0.1) is 0 Å². The normalized spacial score (nSPS) is 20.7. The number of amides is 1. The first-order valence-corrected chi connectivity index (χ1v) is 6.99. The Hall–Kier alpha value is -0.870. The molecule has 1 rings (SSSR count). The van der Waals surface area contributed by atoms with E-state index in [0.717, 1.165) is 13.1 Å². The third kappa shape index (κ3) is 5.65. The molecule has 1 aliphatic rings. The van der Waals surface area contributed by atoms with Gasteiger partial charge in [0.15, 0.2) is 0 Å². The van der Waals surface area contributed by atoms with Crippen molar-refractivity contribution in [1.29, 1.82) is 0 Å². The molecule has 0 spiro atoms. The van der Waals surface area contributed by atoms with Gasteiger partial charge in [-0.3, -0.25) is 9.69 Å². The first-order chi connectivity index (χ1) is 8.77. The molecule has 104 valence electrons. The van der Waals surface area contributed by atoms with Crippen LogP contribution in [0.2, 0.25) is 0 Å². The summed E-state index contributed by atoms with van der Waals surface area (Å²) in [6, 6.07) is 0.534. The van der Waals surface area contributed by atoms with Crippen LogP contribution in [0.25, 0.3) is 0 Å². The number of likely N-dealkylation sites (tertiary alicyclic amines) is 1. The molecule has 1 atom stereocenters. The van der Waals surface area contributed by atoms with E-state index in [2.05, 4.69) is 29.3 Å². The molecule has 0 bridgehead atoms. The molecule has 1 N–H and O–H groups in total. The molecule has 1 amide bonds. The Bertz CT molecular complexity index is 267. The van der Waals surface area contributed by atoms with Crippen LogP contribution in [0.5, 0.6) is 0 Å². The lowest BCUT2D eigenvalue weighted by molar-refractivity contribution is -0.121. The molecule has 0 unspecified atom stereocenters. The van der Waals surface area contributed by atoms with Crippen LogP contribution in [-0.2, 0) is 9.53 Å². The minimum Gasteiger partial charge on any atom is -0.380 e. The van der Waals surface area contributed by atoms with Gasteiger partial charge in [-0.1, -0.05) is 12.2 Å². The first kappa shape index (κ1) is 15.2. The van der Waals surface area contributed by atoms with E-state index in [-0.39, 0.29) is 5.91 Å². The maximum atomic E-state index is 11.6. The van der Waals surface area contributed by atoms with E-state index in [1.165, 1.54) is 12.8 Å². The van der Waals surface area contributed by atoms with Crippen LogP contribution >= 0.6 is 0 Å². The average molecular weight is 254 g/mol. The van der Waals surface area contributed by atoms with Crippen LogP contribution in [0.1, 0.15) is 33.1 Å². The van der Waals surface area contributed by atoms with E-state index in [9.17, 15) is 4.79 Å². The van der Waals surface area contributed by atoms with Crippen molar-refractivity contribution in [3.63, 3.8) is 0 Å². The average Bonchev–Trinajstić information content (AvgIpc) is 2.80. The lowest BCUT2D eigenvalue weighted by atomic mass is 10.2. The molecule has 1 saturated heterocycles. The van der Waals surface area contributed by atoms with E-state index in [4.69, 9.17) is 4.74 Å². The molecular formula is C14H26N2O2. The number of rotatable bonds is 8. The number of nitrogens with one attached hydrogen (secondary N) is 1. The zero-order valence-corrected chi connectivity index (χ0v) is 11.7. The quantitative estimate of drug-likeness (QED) is 0.528. The van der Waals surface area contributed by atoms with Crippen LogP contribution in [0.4, 0.5) is 0 Å². The van der Waals surface area contributed by atoms with Crippen molar-refractivity contribution in [2.45, 2.75) is 39.2 Å². The Balaban J connectivity index is 2.13. The van der Waals surface area contributed by atoms with Gasteiger partial charge in [-0.05, 0) is 33.2 Å². The molecule has 0 aromatic heterocycles. The second-order valence-electron chi connectivity index (χ2n) is 4.57. The minimum atomic E-state index is 0.126. The molecule has 0 aromatic carbocycles. The molecule has 0 radical (unpaired) electrons.